The van der Waals surface area contributed by atoms with E-state index in [1.807, 2.05) is 12.1 Å². The van der Waals surface area contributed by atoms with Crippen molar-refractivity contribution in [2.75, 3.05) is 13.2 Å². The maximum absolute atomic E-state index is 13.5. The number of carbonyl (C=O) groups is 2. The summed E-state index contributed by atoms with van der Waals surface area (Å²) in [5.74, 6) is -1.04. The normalized spacial score (nSPS) is 26.3. The van der Waals surface area contributed by atoms with E-state index < -0.39 is 25.1 Å². The first-order valence-electron chi connectivity index (χ1n) is 9.24. The van der Waals surface area contributed by atoms with Crippen molar-refractivity contribution in [1.29, 1.82) is 0 Å². The van der Waals surface area contributed by atoms with E-state index in [1.165, 1.54) is 0 Å². The molecule has 2 aliphatic rings. The first-order valence-corrected chi connectivity index (χ1v) is 10.8. The lowest BCUT2D eigenvalue weighted by Gasteiger charge is -2.39. The van der Waals surface area contributed by atoms with Gasteiger partial charge in [-0.3, -0.25) is 14.2 Å². The lowest BCUT2D eigenvalue weighted by molar-refractivity contribution is -0.137. The number of ether oxygens (including phenoxy) is 1. The van der Waals surface area contributed by atoms with Gasteiger partial charge in [-0.05, 0) is 32.8 Å². The second kappa shape index (κ2) is 8.03. The van der Waals surface area contributed by atoms with Crippen LogP contribution in [0.25, 0.3) is 0 Å². The second-order valence-corrected chi connectivity index (χ2v) is 8.78. The summed E-state index contributed by atoms with van der Waals surface area (Å²) in [5.41, 5.74) is -0.388. The van der Waals surface area contributed by atoms with Crippen LogP contribution in [0.3, 0.4) is 0 Å². The summed E-state index contributed by atoms with van der Waals surface area (Å²) in [5, 5.41) is 0. The van der Waals surface area contributed by atoms with Crippen LogP contribution in [-0.4, -0.2) is 30.6 Å². The summed E-state index contributed by atoms with van der Waals surface area (Å²) < 4.78 is 29.9. The molecule has 0 spiro atoms. The lowest BCUT2D eigenvalue weighted by atomic mass is 9.73. The van der Waals surface area contributed by atoms with Gasteiger partial charge in [0.15, 0.2) is 5.66 Å². The number of hydrogen-bond acceptors (Lipinski definition) is 6. The van der Waals surface area contributed by atoms with Crippen LogP contribution in [0.15, 0.2) is 24.3 Å². The van der Waals surface area contributed by atoms with Crippen LogP contribution in [-0.2, 0) is 23.2 Å². The molecular formula is C19H25O6P. The SMILES string of the molecule is CCOP(=O)(OCC)[C@H]1C(=O)Oc2ccccc2[C@@H]1[C@@H]1CCCCC1=O. The van der Waals surface area contributed by atoms with Crippen molar-refractivity contribution in [3.63, 3.8) is 0 Å². The average molecular weight is 380 g/mol. The van der Waals surface area contributed by atoms with Gasteiger partial charge in [0, 0.05) is 23.8 Å². The van der Waals surface area contributed by atoms with Gasteiger partial charge in [0.1, 0.15) is 11.5 Å². The molecule has 7 heteroatoms. The standard InChI is InChI=1S/C19H25O6P/c1-3-23-26(22,24-4-2)18-17(13-9-5-7-11-15(13)20)14-10-6-8-12-16(14)25-19(18)21/h6,8,10,12-13,17-18H,3-5,7,9,11H2,1-2H3/t13-,17+,18-/m1/s1. The van der Waals surface area contributed by atoms with Crippen LogP contribution < -0.4 is 4.74 Å². The number of fused-ring (bicyclic) bond motifs is 1. The maximum atomic E-state index is 13.5. The summed E-state index contributed by atoms with van der Waals surface area (Å²) in [6.07, 6.45) is 2.91. The predicted octanol–water partition coefficient (Wildman–Crippen LogP) is 4.08. The monoisotopic (exact) mass is 380 g/mol. The second-order valence-electron chi connectivity index (χ2n) is 6.62. The predicted molar refractivity (Wildman–Crippen MR) is 96.4 cm³/mol. The Labute approximate surface area is 153 Å². The van der Waals surface area contributed by atoms with Gasteiger partial charge in [0.25, 0.3) is 0 Å². The summed E-state index contributed by atoms with van der Waals surface area (Å²) in [6.45, 7) is 3.70. The minimum absolute atomic E-state index is 0.107. The van der Waals surface area contributed by atoms with Gasteiger partial charge >= 0.3 is 13.6 Å². The van der Waals surface area contributed by atoms with E-state index in [4.69, 9.17) is 13.8 Å². The minimum Gasteiger partial charge on any atom is -0.426 e. The van der Waals surface area contributed by atoms with Gasteiger partial charge in [-0.1, -0.05) is 24.6 Å². The topological polar surface area (TPSA) is 78.9 Å². The van der Waals surface area contributed by atoms with Gasteiger partial charge in [-0.25, -0.2) is 0 Å². The number of carbonyl (C=O) groups excluding carboxylic acids is 2. The molecule has 1 fully saturated rings. The molecule has 0 bridgehead atoms. The third-order valence-corrected chi connectivity index (χ3v) is 7.51. The van der Waals surface area contributed by atoms with Crippen LogP contribution in [0, 0.1) is 5.92 Å². The van der Waals surface area contributed by atoms with Crippen molar-refractivity contribution >= 4 is 19.3 Å². The highest BCUT2D eigenvalue weighted by molar-refractivity contribution is 7.55. The van der Waals surface area contributed by atoms with Crippen LogP contribution in [0.4, 0.5) is 0 Å². The maximum Gasteiger partial charge on any atom is 0.345 e. The Morgan fingerprint density at radius 1 is 1.12 bits per heavy atom. The van der Waals surface area contributed by atoms with E-state index >= 15 is 0 Å². The van der Waals surface area contributed by atoms with Crippen molar-refractivity contribution in [3.05, 3.63) is 29.8 Å². The Kier molecular flexibility index (Phi) is 5.96. The average Bonchev–Trinajstić information content (AvgIpc) is 2.61. The number of esters is 1. The molecule has 0 radical (unpaired) electrons. The van der Waals surface area contributed by atoms with E-state index in [0.717, 1.165) is 18.4 Å². The highest BCUT2D eigenvalue weighted by atomic mass is 31.2. The Morgan fingerprint density at radius 2 is 1.81 bits per heavy atom. The number of para-hydroxylation sites is 1. The molecule has 142 valence electrons. The van der Waals surface area contributed by atoms with Crippen molar-refractivity contribution < 1.29 is 27.9 Å². The third-order valence-electron chi connectivity index (χ3n) is 5.06. The molecule has 3 rings (SSSR count). The van der Waals surface area contributed by atoms with Gasteiger partial charge in [0.2, 0.25) is 0 Å². The quantitative estimate of drug-likeness (QED) is 0.420. The van der Waals surface area contributed by atoms with E-state index in [1.54, 1.807) is 26.0 Å². The summed E-state index contributed by atoms with van der Waals surface area (Å²) >= 11 is 0. The molecular weight excluding hydrogens is 355 g/mol. The third kappa shape index (κ3) is 3.51. The molecule has 1 aliphatic carbocycles. The highest BCUT2D eigenvalue weighted by Crippen LogP contribution is 2.62. The van der Waals surface area contributed by atoms with E-state index in [2.05, 4.69) is 0 Å². The molecule has 1 aromatic rings. The molecule has 1 aromatic carbocycles. The fourth-order valence-corrected chi connectivity index (χ4v) is 6.23. The van der Waals surface area contributed by atoms with Gasteiger partial charge in [0.05, 0.1) is 13.2 Å². The Morgan fingerprint density at radius 3 is 2.46 bits per heavy atom. The van der Waals surface area contributed by atoms with Crippen LogP contribution in [0.1, 0.15) is 51.0 Å². The molecule has 0 N–H and O–H groups in total. The molecule has 1 aliphatic heterocycles. The summed E-state index contributed by atoms with van der Waals surface area (Å²) in [4.78, 5) is 25.5. The van der Waals surface area contributed by atoms with Crippen LogP contribution in [0.5, 0.6) is 5.75 Å². The zero-order valence-electron chi connectivity index (χ0n) is 15.2. The molecule has 6 nitrogen and oxygen atoms in total. The van der Waals surface area contributed by atoms with E-state index in [0.29, 0.717) is 18.6 Å². The molecule has 26 heavy (non-hydrogen) atoms. The van der Waals surface area contributed by atoms with Gasteiger partial charge in [-0.15, -0.1) is 0 Å². The van der Waals surface area contributed by atoms with Crippen LogP contribution >= 0.6 is 7.60 Å². The van der Waals surface area contributed by atoms with Crippen LogP contribution in [0.2, 0.25) is 0 Å². The van der Waals surface area contributed by atoms with Gasteiger partial charge in [-0.2, -0.15) is 0 Å². The van der Waals surface area contributed by atoms with Gasteiger partial charge < -0.3 is 13.8 Å². The van der Waals surface area contributed by atoms with Crippen molar-refractivity contribution in [3.8, 4) is 5.75 Å². The fraction of sp³-hybridized carbons (Fsp3) is 0.579. The molecule has 0 aromatic heterocycles. The minimum atomic E-state index is -3.78. The van der Waals surface area contributed by atoms with E-state index in [-0.39, 0.29) is 24.9 Å². The number of Topliss-reactive ketones (excluding diaryl/α,β-unsaturated/α-hetero) is 1. The molecule has 0 saturated heterocycles. The van der Waals surface area contributed by atoms with Crippen molar-refractivity contribution in [2.45, 2.75) is 51.1 Å². The summed E-state index contributed by atoms with van der Waals surface area (Å²) in [7, 11) is -3.78. The molecule has 3 atom stereocenters. The number of ketones is 1. The van der Waals surface area contributed by atoms with E-state index in [9.17, 15) is 14.2 Å². The molecule has 1 saturated carbocycles. The summed E-state index contributed by atoms with van der Waals surface area (Å²) in [6, 6.07) is 7.15. The lowest BCUT2D eigenvalue weighted by Crippen LogP contribution is -2.43. The fourth-order valence-electron chi connectivity index (χ4n) is 4.04. The number of rotatable bonds is 6. The first-order chi connectivity index (χ1) is 12.5. The van der Waals surface area contributed by atoms with Crippen molar-refractivity contribution in [2.24, 2.45) is 5.92 Å². The molecule has 0 amide bonds. The Bertz CT molecular complexity index is 720. The largest absolute Gasteiger partial charge is 0.426 e. The Hall–Kier alpha value is -1.49. The zero-order chi connectivity index (χ0) is 18.7. The zero-order valence-corrected chi connectivity index (χ0v) is 16.1. The highest BCUT2D eigenvalue weighted by Gasteiger charge is 2.54. The Balaban J connectivity index is 2.12. The number of benzene rings is 1. The smallest absolute Gasteiger partial charge is 0.345 e. The number of hydrogen-bond donors (Lipinski definition) is 0. The van der Waals surface area contributed by atoms with Crippen molar-refractivity contribution in [1.82, 2.24) is 0 Å². The molecule has 1 heterocycles. The molecule has 0 unspecified atom stereocenters. The first kappa shape index (κ1) is 19.3.